The van der Waals surface area contributed by atoms with Gasteiger partial charge in [-0.1, -0.05) is 12.1 Å². The Bertz CT molecular complexity index is 596. The van der Waals surface area contributed by atoms with Crippen molar-refractivity contribution in [2.45, 2.75) is 31.9 Å². The van der Waals surface area contributed by atoms with Crippen LogP contribution in [0.25, 0.3) is 0 Å². The van der Waals surface area contributed by atoms with Gasteiger partial charge in [0, 0.05) is 32.8 Å². The normalized spacial score (nSPS) is 22.1. The Balaban J connectivity index is 1.68. The molecule has 7 nitrogen and oxygen atoms in total. The summed E-state index contributed by atoms with van der Waals surface area (Å²) in [5.74, 6) is 1.73. The zero-order valence-corrected chi connectivity index (χ0v) is 17.2. The molecule has 0 radical (unpaired) electrons. The summed E-state index contributed by atoms with van der Waals surface area (Å²) in [4.78, 5) is 7.35. The molecule has 1 aromatic carbocycles. The minimum atomic E-state index is 0.216. The summed E-state index contributed by atoms with van der Waals surface area (Å²) < 4.78 is 16.6. The number of morpholine rings is 1. The molecule has 1 aromatic rings. The van der Waals surface area contributed by atoms with Crippen molar-refractivity contribution in [3.05, 3.63) is 29.8 Å². The number of ether oxygens (including phenoxy) is 3. The summed E-state index contributed by atoms with van der Waals surface area (Å²) in [6.45, 7) is 8.67. The first-order valence-corrected chi connectivity index (χ1v) is 10.4. The molecule has 2 fully saturated rings. The predicted molar refractivity (Wildman–Crippen MR) is 111 cm³/mol. The van der Waals surface area contributed by atoms with Gasteiger partial charge < -0.3 is 24.8 Å². The van der Waals surface area contributed by atoms with Crippen LogP contribution in [0, 0.1) is 0 Å². The molecule has 3 rings (SSSR count). The second-order valence-electron chi connectivity index (χ2n) is 7.17. The van der Waals surface area contributed by atoms with Crippen LogP contribution < -0.4 is 15.4 Å². The molecule has 0 spiro atoms. The fraction of sp³-hybridized carbons (Fsp3) is 0.667. The van der Waals surface area contributed by atoms with Gasteiger partial charge in [-0.2, -0.15) is 0 Å². The Hall–Kier alpha value is -1.83. The standard InChI is InChI=1S/C21H34N4O3/c1-3-22-21(23-15-19-5-4-12-28-19)24-16-20(25-10-13-27-14-11-25)17-6-8-18(26-2)9-7-17/h6-9,19-20H,3-5,10-16H2,1-2H3,(H2,22,23,24). The van der Waals surface area contributed by atoms with Crippen molar-refractivity contribution in [2.75, 3.05) is 59.7 Å². The second-order valence-corrected chi connectivity index (χ2v) is 7.17. The minimum absolute atomic E-state index is 0.216. The van der Waals surface area contributed by atoms with Crippen LogP contribution in [0.5, 0.6) is 5.75 Å². The van der Waals surface area contributed by atoms with Crippen molar-refractivity contribution in [3.63, 3.8) is 0 Å². The fourth-order valence-electron chi connectivity index (χ4n) is 3.68. The molecular weight excluding hydrogens is 356 g/mol. The molecule has 0 aromatic heterocycles. The van der Waals surface area contributed by atoms with E-state index in [1.54, 1.807) is 7.11 Å². The van der Waals surface area contributed by atoms with Crippen LogP contribution in [0.3, 0.4) is 0 Å². The summed E-state index contributed by atoms with van der Waals surface area (Å²) in [6, 6.07) is 8.54. The summed E-state index contributed by atoms with van der Waals surface area (Å²) in [5.41, 5.74) is 1.25. The van der Waals surface area contributed by atoms with Crippen LogP contribution in [0.15, 0.2) is 29.3 Å². The van der Waals surface area contributed by atoms with Crippen LogP contribution in [0.1, 0.15) is 31.4 Å². The second kappa shape index (κ2) is 11.2. The highest BCUT2D eigenvalue weighted by Gasteiger charge is 2.23. The Morgan fingerprint density at radius 3 is 2.64 bits per heavy atom. The van der Waals surface area contributed by atoms with Crippen molar-refractivity contribution in [1.82, 2.24) is 15.5 Å². The topological polar surface area (TPSA) is 67.4 Å². The molecule has 0 amide bonds. The van der Waals surface area contributed by atoms with Gasteiger partial charge in [0.05, 0.1) is 39.0 Å². The van der Waals surface area contributed by atoms with Gasteiger partial charge in [0.1, 0.15) is 5.75 Å². The number of guanidine groups is 1. The van der Waals surface area contributed by atoms with E-state index in [1.807, 2.05) is 12.1 Å². The summed E-state index contributed by atoms with van der Waals surface area (Å²) in [7, 11) is 1.70. The Morgan fingerprint density at radius 1 is 1.21 bits per heavy atom. The average Bonchev–Trinajstić information content (AvgIpc) is 3.27. The summed E-state index contributed by atoms with van der Waals surface area (Å²) in [5, 5.41) is 6.80. The van der Waals surface area contributed by atoms with E-state index < -0.39 is 0 Å². The highest BCUT2D eigenvalue weighted by atomic mass is 16.5. The molecule has 2 heterocycles. The molecule has 2 aliphatic heterocycles. The van der Waals surface area contributed by atoms with Crippen molar-refractivity contribution in [2.24, 2.45) is 4.99 Å². The molecule has 2 aliphatic rings. The van der Waals surface area contributed by atoms with Gasteiger partial charge in [-0.25, -0.2) is 0 Å². The largest absolute Gasteiger partial charge is 0.497 e. The number of benzene rings is 1. The van der Waals surface area contributed by atoms with Crippen molar-refractivity contribution < 1.29 is 14.2 Å². The van der Waals surface area contributed by atoms with Gasteiger partial charge in [-0.05, 0) is 37.5 Å². The van der Waals surface area contributed by atoms with Crippen LogP contribution in [0.2, 0.25) is 0 Å². The monoisotopic (exact) mass is 390 g/mol. The number of nitrogens with zero attached hydrogens (tertiary/aromatic N) is 2. The van der Waals surface area contributed by atoms with Crippen LogP contribution in [-0.2, 0) is 9.47 Å². The predicted octanol–water partition coefficient (Wildman–Crippen LogP) is 1.80. The molecular formula is C21H34N4O3. The molecule has 0 saturated carbocycles. The number of hydrogen-bond acceptors (Lipinski definition) is 5. The molecule has 2 atom stereocenters. The van der Waals surface area contributed by atoms with Crippen molar-refractivity contribution in [3.8, 4) is 5.75 Å². The summed E-state index contributed by atoms with van der Waals surface area (Å²) >= 11 is 0. The van der Waals surface area contributed by atoms with E-state index >= 15 is 0 Å². The van der Waals surface area contributed by atoms with Gasteiger partial charge in [-0.15, -0.1) is 0 Å². The van der Waals surface area contributed by atoms with Crippen LogP contribution in [0.4, 0.5) is 0 Å². The highest BCUT2D eigenvalue weighted by molar-refractivity contribution is 5.79. The zero-order chi connectivity index (χ0) is 19.6. The maximum atomic E-state index is 5.71. The van der Waals surface area contributed by atoms with E-state index in [0.717, 1.165) is 70.6 Å². The van der Waals surface area contributed by atoms with E-state index in [9.17, 15) is 0 Å². The van der Waals surface area contributed by atoms with E-state index in [1.165, 1.54) is 5.56 Å². The van der Waals surface area contributed by atoms with Crippen molar-refractivity contribution >= 4 is 5.96 Å². The maximum absolute atomic E-state index is 5.71. The lowest BCUT2D eigenvalue weighted by Gasteiger charge is -2.34. The van der Waals surface area contributed by atoms with Crippen molar-refractivity contribution in [1.29, 1.82) is 0 Å². The molecule has 7 heteroatoms. The van der Waals surface area contributed by atoms with Gasteiger partial charge in [0.25, 0.3) is 0 Å². The quantitative estimate of drug-likeness (QED) is 0.521. The number of rotatable bonds is 8. The molecule has 2 N–H and O–H groups in total. The number of hydrogen-bond donors (Lipinski definition) is 2. The Morgan fingerprint density at radius 2 is 2.00 bits per heavy atom. The van der Waals surface area contributed by atoms with E-state index in [2.05, 4.69) is 34.6 Å². The first-order valence-electron chi connectivity index (χ1n) is 10.4. The third-order valence-electron chi connectivity index (χ3n) is 5.27. The van der Waals surface area contributed by atoms with Gasteiger partial charge in [0.15, 0.2) is 5.96 Å². The number of aliphatic imine (C=N–C) groups is 1. The number of methoxy groups -OCH3 is 1. The lowest BCUT2D eigenvalue weighted by molar-refractivity contribution is 0.0179. The Kier molecular flexibility index (Phi) is 8.39. The third-order valence-corrected chi connectivity index (χ3v) is 5.27. The Labute approximate surface area is 168 Å². The molecule has 156 valence electrons. The minimum Gasteiger partial charge on any atom is -0.497 e. The first kappa shape index (κ1) is 20.9. The molecule has 2 saturated heterocycles. The van der Waals surface area contributed by atoms with E-state index in [4.69, 9.17) is 19.2 Å². The average molecular weight is 391 g/mol. The lowest BCUT2D eigenvalue weighted by atomic mass is 10.0. The first-order chi connectivity index (χ1) is 13.8. The third kappa shape index (κ3) is 6.09. The molecule has 0 aliphatic carbocycles. The van der Waals surface area contributed by atoms with E-state index in [-0.39, 0.29) is 6.04 Å². The summed E-state index contributed by atoms with van der Waals surface area (Å²) in [6.07, 6.45) is 2.56. The SMILES string of the molecule is CCNC(=NCC(c1ccc(OC)cc1)N1CCOCC1)NCC1CCCO1. The molecule has 28 heavy (non-hydrogen) atoms. The highest BCUT2D eigenvalue weighted by Crippen LogP contribution is 2.24. The van der Waals surface area contributed by atoms with Crippen LogP contribution in [-0.4, -0.2) is 76.6 Å². The molecule has 0 bridgehead atoms. The molecule has 2 unspecified atom stereocenters. The zero-order valence-electron chi connectivity index (χ0n) is 17.2. The lowest BCUT2D eigenvalue weighted by Crippen LogP contribution is -2.43. The van der Waals surface area contributed by atoms with Gasteiger partial charge in [0.2, 0.25) is 0 Å². The van der Waals surface area contributed by atoms with Gasteiger partial charge in [-0.3, -0.25) is 9.89 Å². The van der Waals surface area contributed by atoms with Gasteiger partial charge >= 0.3 is 0 Å². The smallest absolute Gasteiger partial charge is 0.191 e. The maximum Gasteiger partial charge on any atom is 0.191 e. The number of nitrogens with one attached hydrogen (secondary N) is 2. The van der Waals surface area contributed by atoms with Crippen LogP contribution >= 0.6 is 0 Å². The fourth-order valence-corrected chi connectivity index (χ4v) is 3.68. The van der Waals surface area contributed by atoms with E-state index in [0.29, 0.717) is 12.6 Å².